The molecule has 0 amide bonds. The van der Waals surface area contributed by atoms with E-state index in [1.807, 2.05) is 0 Å². The lowest BCUT2D eigenvalue weighted by Gasteiger charge is -2.25. The van der Waals surface area contributed by atoms with Crippen LogP contribution in [0.1, 0.15) is 39.5 Å². The van der Waals surface area contributed by atoms with Crippen molar-refractivity contribution < 1.29 is 4.43 Å². The number of hydrogen-bond donors (Lipinski definition) is 0. The van der Waals surface area contributed by atoms with E-state index in [0.29, 0.717) is 6.10 Å². The quantitative estimate of drug-likeness (QED) is 0.452. The first-order chi connectivity index (χ1) is 6.49. The summed E-state index contributed by atoms with van der Waals surface area (Å²) in [5.74, 6) is 0. The van der Waals surface area contributed by atoms with Gasteiger partial charge in [0.05, 0.1) is 0 Å². The summed E-state index contributed by atoms with van der Waals surface area (Å²) in [7, 11) is -1.35. The summed E-state index contributed by atoms with van der Waals surface area (Å²) in [5.41, 5.74) is 0. The molecule has 1 nitrogen and oxygen atoms in total. The van der Waals surface area contributed by atoms with Crippen LogP contribution >= 0.6 is 0 Å². The average Bonchev–Trinajstić information content (AvgIpc) is 2.02. The van der Waals surface area contributed by atoms with Gasteiger partial charge in [-0.2, -0.15) is 0 Å². The molecule has 0 aliphatic rings. The minimum absolute atomic E-state index is 0.453. The Labute approximate surface area is 90.7 Å². The molecule has 0 bridgehead atoms. The van der Waals surface area contributed by atoms with Gasteiger partial charge in [-0.25, -0.2) is 0 Å². The van der Waals surface area contributed by atoms with Crippen molar-refractivity contribution in [3.63, 3.8) is 0 Å². The summed E-state index contributed by atoms with van der Waals surface area (Å²) in [6.07, 6.45) is 9.58. The van der Waals surface area contributed by atoms with Gasteiger partial charge in [0.1, 0.15) is 0 Å². The fraction of sp³-hybridized carbons (Fsp3) is 0.833. The summed E-state index contributed by atoms with van der Waals surface area (Å²) < 4.78 is 6.11. The minimum atomic E-state index is -1.35. The molecular weight excluding hydrogens is 188 g/mol. The van der Waals surface area contributed by atoms with Crippen LogP contribution < -0.4 is 0 Å². The Morgan fingerprint density at radius 2 is 1.79 bits per heavy atom. The minimum Gasteiger partial charge on any atom is -0.414 e. The Bertz CT molecular complexity index is 158. The highest BCUT2D eigenvalue weighted by molar-refractivity contribution is 6.69. The second kappa shape index (κ2) is 7.24. The van der Waals surface area contributed by atoms with Gasteiger partial charge in [0.15, 0.2) is 8.32 Å². The molecule has 84 valence electrons. The maximum absolute atomic E-state index is 6.11. The summed E-state index contributed by atoms with van der Waals surface area (Å²) >= 11 is 0. The second-order valence-electron chi connectivity index (χ2n) is 4.76. The molecule has 0 saturated heterocycles. The molecule has 0 aliphatic carbocycles. The van der Waals surface area contributed by atoms with Gasteiger partial charge < -0.3 is 4.43 Å². The van der Waals surface area contributed by atoms with Crippen molar-refractivity contribution in [3.8, 4) is 0 Å². The average molecular weight is 214 g/mol. The zero-order valence-electron chi connectivity index (χ0n) is 10.5. The van der Waals surface area contributed by atoms with E-state index in [2.05, 4.69) is 45.6 Å². The molecule has 0 N–H and O–H groups in total. The van der Waals surface area contributed by atoms with Crippen LogP contribution in [0.25, 0.3) is 0 Å². The fourth-order valence-electron chi connectivity index (χ4n) is 1.46. The number of rotatable bonds is 7. The normalized spacial score (nSPS) is 14.9. The van der Waals surface area contributed by atoms with E-state index in [9.17, 15) is 0 Å². The van der Waals surface area contributed by atoms with Crippen molar-refractivity contribution in [2.75, 3.05) is 0 Å². The molecule has 0 aromatic carbocycles. The Balaban J connectivity index is 3.95. The zero-order chi connectivity index (χ0) is 11.0. The van der Waals surface area contributed by atoms with Crippen molar-refractivity contribution in [2.45, 2.75) is 65.3 Å². The zero-order valence-corrected chi connectivity index (χ0v) is 11.5. The standard InChI is InChI=1S/C12H26OSi/c1-6-8-9-11-12(10-7-2)13-14(3,4)5/h8-9,12H,6-7,10-11H2,1-5H3. The van der Waals surface area contributed by atoms with Gasteiger partial charge in [-0.15, -0.1) is 0 Å². The molecule has 0 heterocycles. The largest absolute Gasteiger partial charge is 0.414 e. The molecule has 1 atom stereocenters. The third-order valence-corrected chi connectivity index (χ3v) is 2.97. The van der Waals surface area contributed by atoms with Crippen LogP contribution in [0.3, 0.4) is 0 Å². The van der Waals surface area contributed by atoms with Gasteiger partial charge >= 0.3 is 0 Å². The molecule has 0 spiro atoms. The predicted octanol–water partition coefficient (Wildman–Crippen LogP) is 4.36. The van der Waals surface area contributed by atoms with Crippen LogP contribution in [0, 0.1) is 0 Å². The van der Waals surface area contributed by atoms with Crippen molar-refractivity contribution in [3.05, 3.63) is 12.2 Å². The molecule has 0 aromatic heterocycles. The van der Waals surface area contributed by atoms with Crippen molar-refractivity contribution in [2.24, 2.45) is 0 Å². The van der Waals surface area contributed by atoms with Crippen LogP contribution in [0.2, 0.25) is 19.6 Å². The first-order valence-electron chi connectivity index (χ1n) is 5.82. The van der Waals surface area contributed by atoms with E-state index in [4.69, 9.17) is 4.43 Å². The molecule has 0 rings (SSSR count). The van der Waals surface area contributed by atoms with Crippen molar-refractivity contribution in [1.82, 2.24) is 0 Å². The van der Waals surface area contributed by atoms with Crippen LogP contribution in [0.15, 0.2) is 12.2 Å². The highest BCUT2D eigenvalue weighted by atomic mass is 28.4. The monoisotopic (exact) mass is 214 g/mol. The van der Waals surface area contributed by atoms with E-state index in [1.165, 1.54) is 12.8 Å². The molecule has 14 heavy (non-hydrogen) atoms. The van der Waals surface area contributed by atoms with E-state index in [1.54, 1.807) is 0 Å². The molecule has 0 radical (unpaired) electrons. The third-order valence-electron chi connectivity index (χ3n) is 1.93. The van der Waals surface area contributed by atoms with Gasteiger partial charge in [0.2, 0.25) is 0 Å². The van der Waals surface area contributed by atoms with Crippen molar-refractivity contribution in [1.29, 1.82) is 0 Å². The second-order valence-corrected chi connectivity index (χ2v) is 9.22. The van der Waals surface area contributed by atoms with Gasteiger partial charge in [-0.1, -0.05) is 32.4 Å². The Morgan fingerprint density at radius 3 is 2.21 bits per heavy atom. The lowest BCUT2D eigenvalue weighted by atomic mass is 10.1. The Hall–Kier alpha value is -0.0831. The van der Waals surface area contributed by atoms with E-state index in [-0.39, 0.29) is 0 Å². The van der Waals surface area contributed by atoms with Crippen LogP contribution in [-0.4, -0.2) is 14.4 Å². The first-order valence-corrected chi connectivity index (χ1v) is 9.23. The van der Waals surface area contributed by atoms with E-state index >= 15 is 0 Å². The first kappa shape index (κ1) is 13.9. The van der Waals surface area contributed by atoms with Crippen LogP contribution in [-0.2, 0) is 4.43 Å². The number of hydrogen-bond acceptors (Lipinski definition) is 1. The Kier molecular flexibility index (Phi) is 7.20. The molecule has 0 aliphatic heterocycles. The molecular formula is C12H26OSi. The SMILES string of the molecule is CCC=CCC(CCC)O[Si](C)(C)C. The molecule has 2 heteroatoms. The lowest BCUT2D eigenvalue weighted by Crippen LogP contribution is -2.31. The maximum atomic E-state index is 6.11. The fourth-order valence-corrected chi connectivity index (χ4v) is 2.68. The maximum Gasteiger partial charge on any atom is 0.184 e. The summed E-state index contributed by atoms with van der Waals surface area (Å²) in [6, 6.07) is 0. The van der Waals surface area contributed by atoms with Gasteiger partial charge in [0, 0.05) is 6.10 Å². The van der Waals surface area contributed by atoms with E-state index in [0.717, 1.165) is 12.8 Å². The summed E-state index contributed by atoms with van der Waals surface area (Å²) in [4.78, 5) is 0. The predicted molar refractivity (Wildman–Crippen MR) is 67.2 cm³/mol. The summed E-state index contributed by atoms with van der Waals surface area (Å²) in [6.45, 7) is 11.2. The van der Waals surface area contributed by atoms with Gasteiger partial charge in [0.25, 0.3) is 0 Å². The van der Waals surface area contributed by atoms with Crippen LogP contribution in [0.4, 0.5) is 0 Å². The van der Waals surface area contributed by atoms with Crippen LogP contribution in [0.5, 0.6) is 0 Å². The third kappa shape index (κ3) is 8.51. The van der Waals surface area contributed by atoms with Gasteiger partial charge in [-0.05, 0) is 38.9 Å². The van der Waals surface area contributed by atoms with Crippen molar-refractivity contribution >= 4 is 8.32 Å². The highest BCUT2D eigenvalue weighted by Gasteiger charge is 2.19. The molecule has 0 aromatic rings. The number of allylic oxidation sites excluding steroid dienone is 1. The lowest BCUT2D eigenvalue weighted by molar-refractivity contribution is 0.185. The van der Waals surface area contributed by atoms with E-state index < -0.39 is 8.32 Å². The Morgan fingerprint density at radius 1 is 1.14 bits per heavy atom. The summed E-state index contributed by atoms with van der Waals surface area (Å²) in [5, 5.41) is 0. The van der Waals surface area contributed by atoms with Gasteiger partial charge in [-0.3, -0.25) is 0 Å². The molecule has 0 fully saturated rings. The smallest absolute Gasteiger partial charge is 0.184 e. The highest BCUT2D eigenvalue weighted by Crippen LogP contribution is 2.15. The topological polar surface area (TPSA) is 9.23 Å². The molecule has 0 saturated carbocycles. The molecule has 1 unspecified atom stereocenters.